The molecule has 1 amide bonds. The minimum atomic E-state index is -0.903. The maximum absolute atomic E-state index is 12.8. The minimum Gasteiger partial charge on any atom is -0.480 e. The van der Waals surface area contributed by atoms with Gasteiger partial charge in [-0.15, -0.1) is 0 Å². The average molecular weight is 446 g/mol. The normalized spacial score (nSPS) is 10.9. The number of nitrogens with zero attached hydrogens (tertiary/aromatic N) is 2. The van der Waals surface area contributed by atoms with Gasteiger partial charge in [0.15, 0.2) is 5.16 Å². The van der Waals surface area contributed by atoms with E-state index in [2.05, 4.69) is 10.3 Å². The fraction of sp³-hybridized carbons (Fsp3) is 0.160. The van der Waals surface area contributed by atoms with Crippen LogP contribution in [-0.4, -0.2) is 38.8 Å². The Labute approximate surface area is 190 Å². The van der Waals surface area contributed by atoms with E-state index in [1.807, 2.05) is 78.9 Å². The molecular weight excluding hydrogens is 422 g/mol. The number of amides is 1. The van der Waals surface area contributed by atoms with Crippen molar-refractivity contribution in [3.63, 3.8) is 0 Å². The van der Waals surface area contributed by atoms with Crippen molar-refractivity contribution in [1.82, 2.24) is 14.9 Å². The third-order valence-electron chi connectivity index (χ3n) is 5.01. The first-order valence-electron chi connectivity index (χ1n) is 10.4. The molecule has 0 saturated heterocycles. The van der Waals surface area contributed by atoms with Gasteiger partial charge in [-0.3, -0.25) is 9.59 Å². The summed E-state index contributed by atoms with van der Waals surface area (Å²) in [6, 6.07) is 24.9. The molecule has 0 atom stereocenters. The molecule has 0 spiro atoms. The Kier molecular flexibility index (Phi) is 6.87. The highest BCUT2D eigenvalue weighted by Gasteiger charge is 2.14. The predicted molar refractivity (Wildman–Crippen MR) is 127 cm³/mol. The summed E-state index contributed by atoms with van der Waals surface area (Å²) in [6.45, 7) is 0.393. The summed E-state index contributed by atoms with van der Waals surface area (Å²) in [5, 5.41) is 12.9. The second kappa shape index (κ2) is 10.2. The van der Waals surface area contributed by atoms with Crippen molar-refractivity contribution in [3.8, 4) is 11.1 Å². The predicted octanol–water partition coefficient (Wildman–Crippen LogP) is 4.70. The van der Waals surface area contributed by atoms with Crippen molar-refractivity contribution in [2.24, 2.45) is 0 Å². The van der Waals surface area contributed by atoms with E-state index in [1.165, 1.54) is 11.8 Å². The molecule has 6 nitrogen and oxygen atoms in total. The number of carboxylic acid groups (broad SMARTS) is 1. The van der Waals surface area contributed by atoms with E-state index < -0.39 is 5.97 Å². The third-order valence-corrected chi connectivity index (χ3v) is 6.07. The lowest BCUT2D eigenvalue weighted by molar-refractivity contribution is -0.137. The summed E-state index contributed by atoms with van der Waals surface area (Å²) in [5.74, 6) is -0.296. The first-order valence-corrected chi connectivity index (χ1v) is 11.3. The van der Waals surface area contributed by atoms with E-state index in [9.17, 15) is 14.7 Å². The van der Waals surface area contributed by atoms with E-state index in [-0.39, 0.29) is 12.5 Å². The highest BCUT2D eigenvalue weighted by atomic mass is 32.2. The molecule has 0 fully saturated rings. The molecule has 0 radical (unpaired) electrons. The van der Waals surface area contributed by atoms with E-state index in [0.29, 0.717) is 23.0 Å². The van der Waals surface area contributed by atoms with Crippen LogP contribution in [0.15, 0.2) is 84.0 Å². The molecule has 0 aliphatic carbocycles. The lowest BCUT2D eigenvalue weighted by atomic mass is 9.99. The number of para-hydroxylation sites is 2. The molecule has 0 aliphatic heterocycles. The number of carbonyl (C=O) groups excluding carboxylic acids is 1. The van der Waals surface area contributed by atoms with Gasteiger partial charge >= 0.3 is 5.97 Å². The van der Waals surface area contributed by atoms with Gasteiger partial charge in [-0.1, -0.05) is 72.4 Å². The number of hydrogen-bond donors (Lipinski definition) is 2. The van der Waals surface area contributed by atoms with Crippen molar-refractivity contribution >= 4 is 34.7 Å². The number of carbonyl (C=O) groups is 2. The lowest BCUT2D eigenvalue weighted by Crippen LogP contribution is -2.25. The molecule has 0 unspecified atom stereocenters. The smallest absolute Gasteiger partial charge is 0.323 e. The number of aromatic nitrogens is 2. The molecule has 2 N–H and O–H groups in total. The van der Waals surface area contributed by atoms with Crippen molar-refractivity contribution < 1.29 is 14.7 Å². The van der Waals surface area contributed by atoms with Crippen LogP contribution >= 0.6 is 11.8 Å². The van der Waals surface area contributed by atoms with E-state index in [4.69, 9.17) is 0 Å². The fourth-order valence-corrected chi connectivity index (χ4v) is 4.49. The molecule has 0 saturated carbocycles. The van der Waals surface area contributed by atoms with E-state index >= 15 is 0 Å². The van der Waals surface area contributed by atoms with E-state index in [0.717, 1.165) is 28.6 Å². The van der Waals surface area contributed by atoms with Crippen molar-refractivity contribution in [2.45, 2.75) is 18.1 Å². The van der Waals surface area contributed by atoms with Crippen LogP contribution in [0.5, 0.6) is 0 Å². The van der Waals surface area contributed by atoms with Gasteiger partial charge in [0.05, 0.1) is 11.0 Å². The van der Waals surface area contributed by atoms with Crippen LogP contribution in [0.25, 0.3) is 22.2 Å². The molecule has 162 valence electrons. The lowest BCUT2D eigenvalue weighted by Gasteiger charge is -2.10. The number of fused-ring (bicyclic) bond motifs is 1. The zero-order chi connectivity index (χ0) is 22.3. The highest BCUT2D eigenvalue weighted by molar-refractivity contribution is 7.99. The largest absolute Gasteiger partial charge is 0.480 e. The SMILES string of the molecule is O=C(O)Cn1c(SCCCNC(=O)c2ccccc2-c2ccccc2)nc2ccccc21. The van der Waals surface area contributed by atoms with Gasteiger partial charge in [0.1, 0.15) is 6.54 Å². The summed E-state index contributed by atoms with van der Waals surface area (Å²) >= 11 is 1.50. The van der Waals surface area contributed by atoms with Crippen molar-refractivity contribution in [3.05, 3.63) is 84.4 Å². The maximum atomic E-state index is 12.8. The molecule has 32 heavy (non-hydrogen) atoms. The van der Waals surface area contributed by atoms with Crippen LogP contribution < -0.4 is 5.32 Å². The molecule has 7 heteroatoms. The van der Waals surface area contributed by atoms with Crippen LogP contribution in [0.3, 0.4) is 0 Å². The van der Waals surface area contributed by atoms with Gasteiger partial charge < -0.3 is 15.0 Å². The molecule has 4 aromatic rings. The number of hydrogen-bond acceptors (Lipinski definition) is 4. The molecule has 1 aromatic heterocycles. The molecule has 4 rings (SSSR count). The van der Waals surface area contributed by atoms with E-state index in [1.54, 1.807) is 4.57 Å². The molecule has 0 bridgehead atoms. The molecule has 3 aromatic carbocycles. The average Bonchev–Trinajstić information content (AvgIpc) is 3.16. The second-order valence-corrected chi connectivity index (χ2v) is 8.29. The van der Waals surface area contributed by atoms with Crippen molar-refractivity contribution in [1.29, 1.82) is 0 Å². The number of imidazole rings is 1. The Balaban J connectivity index is 1.35. The Morgan fingerprint density at radius 3 is 2.47 bits per heavy atom. The van der Waals surface area contributed by atoms with Crippen LogP contribution in [-0.2, 0) is 11.3 Å². The Hall–Kier alpha value is -3.58. The van der Waals surface area contributed by atoms with Gasteiger partial charge in [0.2, 0.25) is 0 Å². The third kappa shape index (κ3) is 5.00. The number of rotatable bonds is 9. The molecular formula is C25H23N3O3S. The quantitative estimate of drug-likeness (QED) is 0.288. The van der Waals surface area contributed by atoms with Gasteiger partial charge in [0, 0.05) is 17.9 Å². The fourth-order valence-electron chi connectivity index (χ4n) is 3.53. The van der Waals surface area contributed by atoms with Gasteiger partial charge in [-0.25, -0.2) is 4.98 Å². The van der Waals surface area contributed by atoms with Crippen molar-refractivity contribution in [2.75, 3.05) is 12.3 Å². The summed E-state index contributed by atoms with van der Waals surface area (Å²) in [6.07, 6.45) is 0.736. The number of aliphatic carboxylic acids is 1. The molecule has 0 aliphatic rings. The molecule has 1 heterocycles. The second-order valence-electron chi connectivity index (χ2n) is 7.23. The summed E-state index contributed by atoms with van der Waals surface area (Å²) in [4.78, 5) is 28.6. The minimum absolute atomic E-state index is 0.104. The number of thioether (sulfide) groups is 1. The van der Waals surface area contributed by atoms with Gasteiger partial charge in [-0.05, 0) is 35.7 Å². The standard InChI is InChI=1S/C25H23N3O3S/c29-23(30)17-28-22-14-7-6-13-21(22)27-25(28)32-16-8-15-26-24(31)20-12-5-4-11-19(20)18-9-2-1-3-10-18/h1-7,9-14H,8,15-17H2,(H,26,31)(H,29,30). The first-order chi connectivity index (χ1) is 15.6. The highest BCUT2D eigenvalue weighted by Crippen LogP contribution is 2.25. The van der Waals surface area contributed by atoms with Crippen LogP contribution in [0, 0.1) is 0 Å². The number of benzene rings is 3. The Bertz CT molecular complexity index is 1240. The number of nitrogens with one attached hydrogen (secondary N) is 1. The summed E-state index contributed by atoms with van der Waals surface area (Å²) in [7, 11) is 0. The Morgan fingerprint density at radius 1 is 0.938 bits per heavy atom. The topological polar surface area (TPSA) is 84.2 Å². The Morgan fingerprint density at radius 2 is 1.66 bits per heavy atom. The van der Waals surface area contributed by atoms with Crippen LogP contribution in [0.1, 0.15) is 16.8 Å². The van der Waals surface area contributed by atoms with Crippen LogP contribution in [0.2, 0.25) is 0 Å². The zero-order valence-electron chi connectivity index (χ0n) is 17.4. The first kappa shape index (κ1) is 21.6. The zero-order valence-corrected chi connectivity index (χ0v) is 18.2. The summed E-state index contributed by atoms with van der Waals surface area (Å²) in [5.41, 5.74) is 4.15. The number of carboxylic acids is 1. The van der Waals surface area contributed by atoms with Gasteiger partial charge in [0.25, 0.3) is 5.91 Å². The maximum Gasteiger partial charge on any atom is 0.323 e. The van der Waals surface area contributed by atoms with Crippen LogP contribution in [0.4, 0.5) is 0 Å². The summed E-state index contributed by atoms with van der Waals surface area (Å²) < 4.78 is 1.72. The monoisotopic (exact) mass is 445 g/mol. The van der Waals surface area contributed by atoms with Gasteiger partial charge in [-0.2, -0.15) is 0 Å².